The molecule has 0 atom stereocenters. The number of phenolic OH excluding ortho intramolecular Hbond substituents is 1. The minimum Gasteiger partial charge on any atom is -0.508 e. The molecule has 0 aliphatic heterocycles. The lowest BCUT2D eigenvalue weighted by molar-refractivity contribution is 0.0954. The summed E-state index contributed by atoms with van der Waals surface area (Å²) in [5.41, 5.74) is 3.93. The Labute approximate surface area is 116 Å². The van der Waals surface area contributed by atoms with Gasteiger partial charge in [-0.2, -0.15) is 0 Å². The number of anilines is 1. The number of pyridine rings is 1. The van der Waals surface area contributed by atoms with Crippen LogP contribution in [0.4, 0.5) is 5.82 Å². The van der Waals surface area contributed by atoms with Gasteiger partial charge in [-0.25, -0.2) is 10.8 Å². The molecule has 0 aliphatic carbocycles. The van der Waals surface area contributed by atoms with Gasteiger partial charge >= 0.3 is 0 Å². The zero-order valence-corrected chi connectivity index (χ0v) is 10.8. The van der Waals surface area contributed by atoms with Crippen molar-refractivity contribution in [1.82, 2.24) is 10.3 Å². The topological polar surface area (TPSA) is 100 Å². The minimum absolute atomic E-state index is 0.181. The second-order valence-corrected chi connectivity index (χ2v) is 4.25. The third kappa shape index (κ3) is 3.69. The van der Waals surface area contributed by atoms with E-state index in [-0.39, 0.29) is 11.7 Å². The largest absolute Gasteiger partial charge is 0.508 e. The lowest BCUT2D eigenvalue weighted by atomic mass is 10.1. The first-order chi connectivity index (χ1) is 9.69. The molecule has 0 spiro atoms. The van der Waals surface area contributed by atoms with Crippen LogP contribution in [0.15, 0.2) is 42.6 Å². The molecule has 0 aliphatic rings. The highest BCUT2D eigenvalue weighted by Gasteiger charge is 2.05. The number of nitrogen functional groups attached to an aromatic ring is 1. The van der Waals surface area contributed by atoms with Crippen LogP contribution in [0.5, 0.6) is 5.75 Å². The minimum atomic E-state index is -0.181. The highest BCUT2D eigenvalue weighted by Crippen LogP contribution is 2.09. The number of phenols is 1. The monoisotopic (exact) mass is 272 g/mol. The summed E-state index contributed by atoms with van der Waals surface area (Å²) in [5, 5.41) is 12.0. The molecule has 104 valence electrons. The van der Waals surface area contributed by atoms with E-state index in [1.165, 1.54) is 6.20 Å². The number of rotatable bonds is 5. The molecule has 0 radical (unpaired) electrons. The molecule has 1 heterocycles. The molecule has 1 aromatic heterocycles. The van der Waals surface area contributed by atoms with Crippen LogP contribution in [0.2, 0.25) is 0 Å². The Bertz CT molecular complexity index is 567. The van der Waals surface area contributed by atoms with Gasteiger partial charge in [-0.05, 0) is 36.2 Å². The Morgan fingerprint density at radius 1 is 1.20 bits per heavy atom. The number of amides is 1. The number of hydrazine groups is 1. The van der Waals surface area contributed by atoms with E-state index in [1.54, 1.807) is 24.3 Å². The van der Waals surface area contributed by atoms with Gasteiger partial charge in [0.25, 0.3) is 5.91 Å². The maximum Gasteiger partial charge on any atom is 0.252 e. The summed E-state index contributed by atoms with van der Waals surface area (Å²) in [7, 11) is 0. The Balaban J connectivity index is 1.83. The summed E-state index contributed by atoms with van der Waals surface area (Å²) in [5.74, 6) is 5.76. The van der Waals surface area contributed by atoms with Gasteiger partial charge in [0.2, 0.25) is 0 Å². The number of aromatic nitrogens is 1. The van der Waals surface area contributed by atoms with Crippen LogP contribution in [-0.2, 0) is 6.42 Å². The lowest BCUT2D eigenvalue weighted by Crippen LogP contribution is -2.25. The molecule has 0 unspecified atom stereocenters. The first-order valence-electron chi connectivity index (χ1n) is 6.18. The van der Waals surface area contributed by atoms with Gasteiger partial charge in [0.05, 0.1) is 5.56 Å². The van der Waals surface area contributed by atoms with E-state index in [0.717, 1.165) is 5.56 Å². The zero-order chi connectivity index (χ0) is 14.4. The number of carbonyl (C=O) groups excluding carboxylic acids is 1. The van der Waals surface area contributed by atoms with Gasteiger partial charge in [0.1, 0.15) is 11.6 Å². The van der Waals surface area contributed by atoms with E-state index >= 15 is 0 Å². The van der Waals surface area contributed by atoms with E-state index in [1.807, 2.05) is 12.1 Å². The molecule has 2 aromatic rings. The SMILES string of the molecule is NNc1ccc(C(=O)NCCc2ccc(O)cc2)cn1. The average molecular weight is 272 g/mol. The van der Waals surface area contributed by atoms with Crippen LogP contribution in [0.25, 0.3) is 0 Å². The highest BCUT2D eigenvalue weighted by atomic mass is 16.3. The molecular formula is C14H16N4O2. The standard InChI is InChI=1S/C14H16N4O2/c15-18-13-6-3-11(9-17-13)14(20)16-8-7-10-1-4-12(19)5-2-10/h1-6,9,19H,7-8,15H2,(H,16,20)(H,17,18). The van der Waals surface area contributed by atoms with Crippen molar-refractivity contribution in [2.24, 2.45) is 5.84 Å². The Morgan fingerprint density at radius 2 is 1.95 bits per heavy atom. The van der Waals surface area contributed by atoms with Crippen LogP contribution in [0.3, 0.4) is 0 Å². The van der Waals surface area contributed by atoms with Crippen molar-refractivity contribution in [2.45, 2.75) is 6.42 Å². The summed E-state index contributed by atoms with van der Waals surface area (Å²) in [4.78, 5) is 15.8. The molecule has 0 saturated carbocycles. The van der Waals surface area contributed by atoms with Crippen molar-refractivity contribution in [2.75, 3.05) is 12.0 Å². The summed E-state index contributed by atoms with van der Waals surface area (Å²) in [6.45, 7) is 0.514. The van der Waals surface area contributed by atoms with Gasteiger partial charge in [-0.1, -0.05) is 12.1 Å². The van der Waals surface area contributed by atoms with E-state index in [9.17, 15) is 9.90 Å². The third-order valence-corrected chi connectivity index (χ3v) is 2.81. The van der Waals surface area contributed by atoms with Crippen molar-refractivity contribution >= 4 is 11.7 Å². The zero-order valence-electron chi connectivity index (χ0n) is 10.8. The molecule has 20 heavy (non-hydrogen) atoms. The third-order valence-electron chi connectivity index (χ3n) is 2.81. The van der Waals surface area contributed by atoms with Gasteiger partial charge < -0.3 is 15.8 Å². The van der Waals surface area contributed by atoms with Crippen LogP contribution in [0.1, 0.15) is 15.9 Å². The van der Waals surface area contributed by atoms with Crippen molar-refractivity contribution in [3.05, 3.63) is 53.7 Å². The van der Waals surface area contributed by atoms with Gasteiger partial charge in [0.15, 0.2) is 0 Å². The second kappa shape index (κ2) is 6.53. The molecule has 0 bridgehead atoms. The number of benzene rings is 1. The summed E-state index contributed by atoms with van der Waals surface area (Å²) in [6, 6.07) is 10.2. The van der Waals surface area contributed by atoms with E-state index in [4.69, 9.17) is 5.84 Å². The maximum absolute atomic E-state index is 11.8. The van der Waals surface area contributed by atoms with Gasteiger partial charge in [-0.15, -0.1) is 0 Å². The lowest BCUT2D eigenvalue weighted by Gasteiger charge is -2.06. The van der Waals surface area contributed by atoms with Crippen molar-refractivity contribution in [1.29, 1.82) is 0 Å². The van der Waals surface area contributed by atoms with E-state index in [0.29, 0.717) is 24.3 Å². The predicted octanol–water partition coefficient (Wildman–Crippen LogP) is 1.05. The number of aromatic hydroxyl groups is 1. The molecule has 0 saturated heterocycles. The molecular weight excluding hydrogens is 256 g/mol. The van der Waals surface area contributed by atoms with Crippen molar-refractivity contribution in [3.63, 3.8) is 0 Å². The summed E-state index contributed by atoms with van der Waals surface area (Å²) in [6.07, 6.45) is 2.16. The molecule has 6 heteroatoms. The Kier molecular flexibility index (Phi) is 4.52. The maximum atomic E-state index is 11.8. The fourth-order valence-corrected chi connectivity index (χ4v) is 1.70. The highest BCUT2D eigenvalue weighted by molar-refractivity contribution is 5.94. The van der Waals surface area contributed by atoms with Crippen LogP contribution < -0.4 is 16.6 Å². The average Bonchev–Trinajstić information content (AvgIpc) is 2.49. The Hall–Kier alpha value is -2.60. The number of nitrogens with one attached hydrogen (secondary N) is 2. The molecule has 1 amide bonds. The molecule has 2 rings (SSSR count). The quantitative estimate of drug-likeness (QED) is 0.481. The van der Waals surface area contributed by atoms with Gasteiger partial charge in [-0.3, -0.25) is 4.79 Å². The van der Waals surface area contributed by atoms with E-state index in [2.05, 4.69) is 15.7 Å². The summed E-state index contributed by atoms with van der Waals surface area (Å²) < 4.78 is 0. The first kappa shape index (κ1) is 13.8. The fourth-order valence-electron chi connectivity index (χ4n) is 1.70. The smallest absolute Gasteiger partial charge is 0.252 e. The van der Waals surface area contributed by atoms with E-state index < -0.39 is 0 Å². The number of nitrogens with two attached hydrogens (primary N) is 1. The molecule has 5 N–H and O–H groups in total. The normalized spacial score (nSPS) is 10.1. The van der Waals surface area contributed by atoms with Crippen LogP contribution >= 0.6 is 0 Å². The Morgan fingerprint density at radius 3 is 2.55 bits per heavy atom. The summed E-state index contributed by atoms with van der Waals surface area (Å²) >= 11 is 0. The fraction of sp³-hybridized carbons (Fsp3) is 0.143. The number of carbonyl (C=O) groups is 1. The van der Waals surface area contributed by atoms with Crippen LogP contribution in [-0.4, -0.2) is 22.5 Å². The van der Waals surface area contributed by atoms with Crippen molar-refractivity contribution in [3.8, 4) is 5.75 Å². The molecule has 0 fully saturated rings. The second-order valence-electron chi connectivity index (χ2n) is 4.25. The number of nitrogens with zero attached hydrogens (tertiary/aromatic N) is 1. The van der Waals surface area contributed by atoms with Gasteiger partial charge in [0, 0.05) is 12.7 Å². The van der Waals surface area contributed by atoms with Crippen molar-refractivity contribution < 1.29 is 9.90 Å². The molecule has 6 nitrogen and oxygen atoms in total. The number of hydrogen-bond acceptors (Lipinski definition) is 5. The number of hydrogen-bond donors (Lipinski definition) is 4. The first-order valence-corrected chi connectivity index (χ1v) is 6.18. The predicted molar refractivity (Wildman–Crippen MR) is 76.2 cm³/mol. The van der Waals surface area contributed by atoms with Crippen LogP contribution in [0, 0.1) is 0 Å². The molecule has 1 aromatic carbocycles.